The Morgan fingerprint density at radius 3 is 1.70 bits per heavy atom. The summed E-state index contributed by atoms with van der Waals surface area (Å²) in [4.78, 5) is 12.3. The first-order valence-corrected chi connectivity index (χ1v) is 20.1. The van der Waals surface area contributed by atoms with Crippen molar-refractivity contribution in [1.82, 2.24) is 0 Å². The summed E-state index contributed by atoms with van der Waals surface area (Å²) in [6, 6.07) is 0. The average molecular weight is 499 g/mol. The molecular formula is C27H54O4Si2. The minimum Gasteiger partial charge on any atom is -0.458 e. The first-order chi connectivity index (χ1) is 15.5. The summed E-state index contributed by atoms with van der Waals surface area (Å²) in [7, 11) is -3.31. The molecule has 0 aromatic rings. The molecule has 194 valence electrons. The van der Waals surface area contributed by atoms with Crippen LogP contribution in [0.15, 0.2) is 24.3 Å². The van der Waals surface area contributed by atoms with E-state index in [1.54, 1.807) is 0 Å². The van der Waals surface area contributed by atoms with Gasteiger partial charge in [0.25, 0.3) is 0 Å². The van der Waals surface area contributed by atoms with E-state index in [0.717, 1.165) is 25.7 Å². The lowest BCUT2D eigenvalue weighted by Gasteiger charge is -2.26. The molecule has 4 nitrogen and oxygen atoms in total. The molecule has 0 radical (unpaired) electrons. The first-order valence-electron chi connectivity index (χ1n) is 13.3. The molecule has 6 heteroatoms. The summed E-state index contributed by atoms with van der Waals surface area (Å²) in [6.07, 6.45) is 22.4. The number of hydrogen-bond donors (Lipinski definition) is 0. The highest BCUT2D eigenvalue weighted by atomic mass is 28.4. The van der Waals surface area contributed by atoms with Gasteiger partial charge in [0, 0.05) is 6.42 Å². The van der Waals surface area contributed by atoms with E-state index in [0.29, 0.717) is 19.6 Å². The largest absolute Gasteiger partial charge is 0.458 e. The van der Waals surface area contributed by atoms with Crippen molar-refractivity contribution in [3.05, 3.63) is 24.3 Å². The van der Waals surface area contributed by atoms with Crippen LogP contribution >= 0.6 is 0 Å². The molecule has 0 aliphatic carbocycles. The molecular weight excluding hydrogens is 444 g/mol. The number of ether oxygens (including phenoxy) is 1. The van der Waals surface area contributed by atoms with Gasteiger partial charge >= 0.3 is 5.97 Å². The van der Waals surface area contributed by atoms with Crippen molar-refractivity contribution in [2.24, 2.45) is 0 Å². The molecule has 0 spiro atoms. The van der Waals surface area contributed by atoms with Crippen LogP contribution in [-0.2, 0) is 18.4 Å². The van der Waals surface area contributed by atoms with E-state index in [-0.39, 0.29) is 12.1 Å². The Balaban J connectivity index is 3.88. The number of rotatable bonds is 21. The highest BCUT2D eigenvalue weighted by Crippen LogP contribution is 2.12. The number of hydrogen-bond acceptors (Lipinski definition) is 4. The second-order valence-electron chi connectivity index (χ2n) is 10.9. The fourth-order valence-corrected chi connectivity index (χ4v) is 4.50. The molecule has 0 bridgehead atoms. The van der Waals surface area contributed by atoms with Crippen LogP contribution in [0.3, 0.4) is 0 Å². The third-order valence-electron chi connectivity index (χ3n) is 5.03. The molecule has 0 rings (SSSR count). The van der Waals surface area contributed by atoms with E-state index in [4.69, 9.17) is 13.6 Å². The Morgan fingerprint density at radius 1 is 0.697 bits per heavy atom. The minimum absolute atomic E-state index is 0.121. The third kappa shape index (κ3) is 25.8. The first kappa shape index (κ1) is 32.3. The molecule has 0 atom stereocenters. The molecule has 0 fully saturated rings. The lowest BCUT2D eigenvalue weighted by atomic mass is 10.1. The van der Waals surface area contributed by atoms with Gasteiger partial charge in [-0.3, -0.25) is 4.79 Å². The predicted octanol–water partition coefficient (Wildman–Crippen LogP) is 8.41. The van der Waals surface area contributed by atoms with Crippen LogP contribution in [0.5, 0.6) is 0 Å². The molecule has 0 saturated carbocycles. The summed E-state index contributed by atoms with van der Waals surface area (Å²) >= 11 is 0. The number of carbonyl (C=O) groups is 1. The van der Waals surface area contributed by atoms with Gasteiger partial charge in [0.1, 0.15) is 6.10 Å². The van der Waals surface area contributed by atoms with Gasteiger partial charge in [-0.1, -0.05) is 63.3 Å². The van der Waals surface area contributed by atoms with Crippen LogP contribution in [0.1, 0.15) is 84.0 Å². The van der Waals surface area contributed by atoms with Crippen molar-refractivity contribution in [1.29, 1.82) is 0 Å². The summed E-state index contributed by atoms with van der Waals surface area (Å²) in [6.45, 7) is 16.0. The Labute approximate surface area is 207 Å². The lowest BCUT2D eigenvalue weighted by Crippen LogP contribution is -2.38. The quantitative estimate of drug-likeness (QED) is 0.0689. The van der Waals surface area contributed by atoms with Crippen molar-refractivity contribution in [2.45, 2.75) is 129 Å². The van der Waals surface area contributed by atoms with E-state index in [9.17, 15) is 4.79 Å². The lowest BCUT2D eigenvalue weighted by molar-refractivity contribution is -0.152. The maximum absolute atomic E-state index is 12.3. The van der Waals surface area contributed by atoms with Crippen LogP contribution in [0.25, 0.3) is 0 Å². The maximum atomic E-state index is 12.3. The third-order valence-corrected chi connectivity index (χ3v) is 7.10. The fraction of sp³-hybridized carbons (Fsp3) is 0.815. The van der Waals surface area contributed by atoms with Crippen LogP contribution in [0, 0.1) is 0 Å². The van der Waals surface area contributed by atoms with E-state index in [2.05, 4.69) is 70.5 Å². The predicted molar refractivity (Wildman–Crippen MR) is 148 cm³/mol. The maximum Gasteiger partial charge on any atom is 0.306 e. The second-order valence-corrected chi connectivity index (χ2v) is 20.0. The number of esters is 1. The molecule has 0 unspecified atom stereocenters. The van der Waals surface area contributed by atoms with E-state index < -0.39 is 16.6 Å². The normalized spacial score (nSPS) is 13.0. The van der Waals surface area contributed by atoms with Crippen molar-refractivity contribution in [3.63, 3.8) is 0 Å². The summed E-state index contributed by atoms with van der Waals surface area (Å²) in [5, 5.41) is 0. The Hall–Kier alpha value is -0.696. The van der Waals surface area contributed by atoms with Gasteiger partial charge in [-0.05, 0) is 77.8 Å². The van der Waals surface area contributed by atoms with Crippen molar-refractivity contribution in [2.75, 3.05) is 13.2 Å². The van der Waals surface area contributed by atoms with Gasteiger partial charge < -0.3 is 13.6 Å². The number of carbonyl (C=O) groups excluding carboxylic acids is 1. The number of unbranched alkanes of at least 4 members (excludes halogenated alkanes) is 8. The van der Waals surface area contributed by atoms with Gasteiger partial charge in [-0.15, -0.1) is 0 Å². The van der Waals surface area contributed by atoms with Gasteiger partial charge in [0.15, 0.2) is 16.6 Å². The zero-order valence-corrected chi connectivity index (χ0v) is 24.9. The van der Waals surface area contributed by atoms with E-state index in [1.165, 1.54) is 44.9 Å². The van der Waals surface area contributed by atoms with Gasteiger partial charge in [0.2, 0.25) is 0 Å². The van der Waals surface area contributed by atoms with Crippen molar-refractivity contribution in [3.8, 4) is 0 Å². The Bertz CT molecular complexity index is 515. The van der Waals surface area contributed by atoms with Gasteiger partial charge in [-0.25, -0.2) is 0 Å². The molecule has 0 aromatic heterocycles. The van der Waals surface area contributed by atoms with Crippen molar-refractivity contribution < 1.29 is 18.4 Å². The molecule has 0 aliphatic heterocycles. The minimum atomic E-state index is -1.65. The highest BCUT2D eigenvalue weighted by Gasteiger charge is 2.23. The molecule has 0 aromatic carbocycles. The second kappa shape index (κ2) is 19.6. The monoisotopic (exact) mass is 498 g/mol. The van der Waals surface area contributed by atoms with Gasteiger partial charge in [0.05, 0.1) is 13.2 Å². The summed E-state index contributed by atoms with van der Waals surface area (Å²) in [5.74, 6) is -0.121. The van der Waals surface area contributed by atoms with Crippen LogP contribution in [-0.4, -0.2) is 41.9 Å². The highest BCUT2D eigenvalue weighted by molar-refractivity contribution is 6.70. The molecule has 0 amide bonds. The molecule has 0 N–H and O–H groups in total. The SMILES string of the molecule is CCCCC/C=C/C/C=C/CCCCCCCC(=O)OC(CO[Si](C)(C)C)CO[Si](C)(C)C. The standard InChI is InChI=1S/C27H54O4Si2/c1-8-9-10-11-12-13-14-15-16-17-18-19-20-21-22-23-27(28)31-26(24-29-32(2,3)4)25-30-33(5,6)7/h12-13,15-16,26H,8-11,14,17-25H2,1-7H3/b13-12+,16-15+. The zero-order chi connectivity index (χ0) is 25.0. The van der Waals surface area contributed by atoms with Crippen LogP contribution in [0.4, 0.5) is 0 Å². The van der Waals surface area contributed by atoms with Gasteiger partial charge in [-0.2, -0.15) is 0 Å². The molecule has 0 aliphatic rings. The Kier molecular flexibility index (Phi) is 19.2. The van der Waals surface area contributed by atoms with E-state index in [1.807, 2.05) is 0 Å². The Morgan fingerprint density at radius 2 is 1.18 bits per heavy atom. The van der Waals surface area contributed by atoms with Crippen LogP contribution in [0.2, 0.25) is 39.3 Å². The topological polar surface area (TPSA) is 44.8 Å². The van der Waals surface area contributed by atoms with Crippen molar-refractivity contribution >= 4 is 22.6 Å². The summed E-state index contributed by atoms with van der Waals surface area (Å²) < 4.78 is 17.7. The van der Waals surface area contributed by atoms with Crippen LogP contribution < -0.4 is 0 Å². The molecule has 33 heavy (non-hydrogen) atoms. The number of allylic oxidation sites excluding steroid dienone is 4. The van der Waals surface area contributed by atoms with E-state index >= 15 is 0 Å². The molecule has 0 heterocycles. The smallest absolute Gasteiger partial charge is 0.306 e. The average Bonchev–Trinajstić information content (AvgIpc) is 2.71. The fourth-order valence-electron chi connectivity index (χ4n) is 3.13. The molecule has 0 saturated heterocycles. The zero-order valence-electron chi connectivity index (χ0n) is 22.9. The summed E-state index contributed by atoms with van der Waals surface area (Å²) in [5.41, 5.74) is 0.